The highest BCUT2D eigenvalue weighted by Crippen LogP contribution is 2.31. The fourth-order valence-electron chi connectivity index (χ4n) is 1.41. The summed E-state index contributed by atoms with van der Waals surface area (Å²) in [5, 5.41) is 5.70. The van der Waals surface area contributed by atoms with E-state index in [0.717, 1.165) is 11.3 Å². The van der Waals surface area contributed by atoms with Crippen molar-refractivity contribution in [1.29, 1.82) is 0 Å². The van der Waals surface area contributed by atoms with Crippen molar-refractivity contribution in [3.63, 3.8) is 0 Å². The van der Waals surface area contributed by atoms with Crippen molar-refractivity contribution < 1.29 is 4.79 Å². The lowest BCUT2D eigenvalue weighted by molar-refractivity contribution is -0.124. The van der Waals surface area contributed by atoms with Crippen LogP contribution in [0.2, 0.25) is 0 Å². The molecule has 0 aliphatic heterocycles. The molecule has 0 aliphatic carbocycles. The third kappa shape index (κ3) is 5.47. The Balaban J connectivity index is 2.84. The van der Waals surface area contributed by atoms with E-state index < -0.39 is 9.96 Å². The summed E-state index contributed by atoms with van der Waals surface area (Å²) in [5.41, 5.74) is 1.85. The second kappa shape index (κ2) is 6.69. The number of hydrogen-bond donors (Lipinski definition) is 2. The molecule has 19 heavy (non-hydrogen) atoms. The van der Waals surface area contributed by atoms with Gasteiger partial charge in [-0.3, -0.25) is 4.79 Å². The summed E-state index contributed by atoms with van der Waals surface area (Å²) in [4.78, 5) is 11.7. The van der Waals surface area contributed by atoms with Gasteiger partial charge in [0, 0.05) is 11.6 Å². The number of aryl methyl sites for hydroxylation is 1. The molecule has 0 saturated carbocycles. The van der Waals surface area contributed by atoms with Crippen LogP contribution in [0.4, 0.5) is 5.69 Å². The summed E-state index contributed by atoms with van der Waals surface area (Å²) in [5.74, 6) is -0.370. The van der Waals surface area contributed by atoms with E-state index in [-0.39, 0.29) is 11.8 Å². The minimum absolute atomic E-state index is 0.184. The maximum Gasteiger partial charge on any atom is 0.228 e. The number of carbonyl (C=O) groups is 1. The van der Waals surface area contributed by atoms with Gasteiger partial charge in [-0.1, -0.05) is 60.8 Å². The minimum atomic E-state index is -1.64. The van der Waals surface area contributed by atoms with Gasteiger partial charge in [-0.05, 0) is 24.6 Å². The van der Waals surface area contributed by atoms with Crippen molar-refractivity contribution in [2.75, 3.05) is 5.32 Å². The molecular weight excluding hydrogens is 307 g/mol. The molecule has 0 aliphatic rings. The molecule has 0 fully saturated rings. The van der Waals surface area contributed by atoms with Crippen molar-refractivity contribution in [1.82, 2.24) is 5.32 Å². The lowest BCUT2D eigenvalue weighted by Gasteiger charge is -2.28. The number of rotatable bonds is 4. The predicted molar refractivity (Wildman–Crippen MR) is 81.9 cm³/mol. The van der Waals surface area contributed by atoms with Crippen LogP contribution in [-0.2, 0) is 4.79 Å². The summed E-state index contributed by atoms with van der Waals surface area (Å²) >= 11 is 17.7. The van der Waals surface area contributed by atoms with Crippen LogP contribution in [0.5, 0.6) is 0 Å². The number of amides is 1. The molecule has 1 aromatic carbocycles. The molecule has 0 spiro atoms. The molecule has 0 saturated heterocycles. The summed E-state index contributed by atoms with van der Waals surface area (Å²) in [6.45, 7) is 5.51. The zero-order valence-corrected chi connectivity index (χ0v) is 13.3. The van der Waals surface area contributed by atoms with Gasteiger partial charge in [0.2, 0.25) is 9.70 Å². The fourth-order valence-corrected chi connectivity index (χ4v) is 1.74. The number of anilines is 1. The van der Waals surface area contributed by atoms with Gasteiger partial charge in [0.05, 0.1) is 0 Å². The molecule has 0 heterocycles. The fraction of sp³-hybridized carbons (Fsp3) is 0.462. The average molecular weight is 324 g/mol. The van der Waals surface area contributed by atoms with E-state index in [1.165, 1.54) is 0 Å². The monoisotopic (exact) mass is 322 g/mol. The third-order valence-electron chi connectivity index (χ3n) is 2.47. The number of alkyl halides is 3. The van der Waals surface area contributed by atoms with Gasteiger partial charge in [0.1, 0.15) is 6.17 Å². The topological polar surface area (TPSA) is 41.1 Å². The minimum Gasteiger partial charge on any atom is -0.362 e. The Bertz CT molecular complexity index is 444. The van der Waals surface area contributed by atoms with Crippen LogP contribution in [0.15, 0.2) is 24.3 Å². The van der Waals surface area contributed by atoms with Crippen LogP contribution in [0, 0.1) is 12.8 Å². The van der Waals surface area contributed by atoms with E-state index >= 15 is 0 Å². The zero-order valence-electron chi connectivity index (χ0n) is 11.0. The number of carbonyl (C=O) groups excluding carboxylic acids is 1. The second-order valence-electron chi connectivity index (χ2n) is 4.65. The lowest BCUT2D eigenvalue weighted by atomic mass is 10.2. The van der Waals surface area contributed by atoms with Crippen molar-refractivity contribution in [3.8, 4) is 0 Å². The van der Waals surface area contributed by atoms with Gasteiger partial charge in [-0.15, -0.1) is 0 Å². The second-order valence-corrected chi connectivity index (χ2v) is 7.02. The Morgan fingerprint density at radius 1 is 1.26 bits per heavy atom. The Labute approximate surface area is 128 Å². The molecule has 6 heteroatoms. The Morgan fingerprint density at radius 2 is 1.89 bits per heavy atom. The first-order valence-electron chi connectivity index (χ1n) is 5.90. The first-order chi connectivity index (χ1) is 8.70. The molecule has 1 atom stereocenters. The highest BCUT2D eigenvalue weighted by molar-refractivity contribution is 6.68. The third-order valence-corrected chi connectivity index (χ3v) is 3.12. The number of hydrogen-bond acceptors (Lipinski definition) is 2. The average Bonchev–Trinajstić information content (AvgIpc) is 2.26. The van der Waals surface area contributed by atoms with Crippen molar-refractivity contribution >= 4 is 46.4 Å². The molecule has 0 aromatic heterocycles. The number of halogens is 3. The quantitative estimate of drug-likeness (QED) is 0.652. The van der Waals surface area contributed by atoms with Crippen LogP contribution in [-0.4, -0.2) is 15.9 Å². The van der Waals surface area contributed by atoms with Gasteiger partial charge in [0.25, 0.3) is 0 Å². The zero-order chi connectivity index (χ0) is 14.6. The first kappa shape index (κ1) is 16.4. The van der Waals surface area contributed by atoms with Crippen LogP contribution in [0.1, 0.15) is 19.4 Å². The standard InChI is InChI=1S/C13H17Cl3N2O/c1-8(2)11(19)18-12(13(14,15)16)17-10-6-4-5-9(3)7-10/h4-8,12,17H,1-3H3,(H,18,19)/t12-/m1/s1. The summed E-state index contributed by atoms with van der Waals surface area (Å²) in [6, 6.07) is 7.60. The molecule has 2 N–H and O–H groups in total. The lowest BCUT2D eigenvalue weighted by Crippen LogP contribution is -2.50. The van der Waals surface area contributed by atoms with E-state index in [0.29, 0.717) is 0 Å². The van der Waals surface area contributed by atoms with Gasteiger partial charge < -0.3 is 10.6 Å². The molecular formula is C13H17Cl3N2O. The largest absolute Gasteiger partial charge is 0.362 e. The molecule has 106 valence electrons. The van der Waals surface area contributed by atoms with E-state index in [1.54, 1.807) is 13.8 Å². The van der Waals surface area contributed by atoms with Crippen LogP contribution < -0.4 is 10.6 Å². The first-order valence-corrected chi connectivity index (χ1v) is 7.04. The van der Waals surface area contributed by atoms with Crippen molar-refractivity contribution in [2.45, 2.75) is 30.7 Å². The maximum atomic E-state index is 11.7. The van der Waals surface area contributed by atoms with Crippen LogP contribution in [0.3, 0.4) is 0 Å². The Kier molecular flexibility index (Phi) is 5.78. The molecule has 1 rings (SSSR count). The maximum absolute atomic E-state index is 11.7. The molecule has 0 unspecified atom stereocenters. The summed E-state index contributed by atoms with van der Waals surface area (Å²) in [7, 11) is 0. The molecule has 0 radical (unpaired) electrons. The Morgan fingerprint density at radius 3 is 2.37 bits per heavy atom. The highest BCUT2D eigenvalue weighted by Gasteiger charge is 2.34. The van der Waals surface area contributed by atoms with Crippen molar-refractivity contribution in [2.24, 2.45) is 5.92 Å². The predicted octanol–water partition coefficient (Wildman–Crippen LogP) is 3.88. The molecule has 1 aromatic rings. The van der Waals surface area contributed by atoms with E-state index in [1.807, 2.05) is 31.2 Å². The molecule has 3 nitrogen and oxygen atoms in total. The van der Waals surface area contributed by atoms with Gasteiger partial charge in [0.15, 0.2) is 0 Å². The SMILES string of the molecule is Cc1cccc(N[C@H](NC(=O)C(C)C)C(Cl)(Cl)Cl)c1. The van der Waals surface area contributed by atoms with Gasteiger partial charge in [-0.25, -0.2) is 0 Å². The van der Waals surface area contributed by atoms with E-state index in [9.17, 15) is 4.79 Å². The molecule has 1 amide bonds. The summed E-state index contributed by atoms with van der Waals surface area (Å²) < 4.78 is -1.64. The number of nitrogens with one attached hydrogen (secondary N) is 2. The molecule has 0 bridgehead atoms. The van der Waals surface area contributed by atoms with Gasteiger partial charge >= 0.3 is 0 Å². The highest BCUT2D eigenvalue weighted by atomic mass is 35.6. The van der Waals surface area contributed by atoms with E-state index in [4.69, 9.17) is 34.8 Å². The van der Waals surface area contributed by atoms with Gasteiger partial charge in [-0.2, -0.15) is 0 Å². The Hall–Kier alpha value is -0.640. The normalized spacial score (nSPS) is 13.2. The van der Waals surface area contributed by atoms with Crippen LogP contribution in [0.25, 0.3) is 0 Å². The van der Waals surface area contributed by atoms with Crippen LogP contribution >= 0.6 is 34.8 Å². The van der Waals surface area contributed by atoms with Crippen molar-refractivity contribution in [3.05, 3.63) is 29.8 Å². The van der Waals surface area contributed by atoms with E-state index in [2.05, 4.69) is 10.6 Å². The summed E-state index contributed by atoms with van der Waals surface area (Å²) in [6.07, 6.45) is -0.797. The number of benzene rings is 1. The smallest absolute Gasteiger partial charge is 0.228 e.